The van der Waals surface area contributed by atoms with Gasteiger partial charge in [-0.3, -0.25) is 9.59 Å². The molecule has 0 spiro atoms. The molecule has 0 saturated carbocycles. The Bertz CT molecular complexity index is 346. The van der Waals surface area contributed by atoms with Gasteiger partial charge in [0, 0.05) is 19.5 Å². The summed E-state index contributed by atoms with van der Waals surface area (Å²) in [7, 11) is 0. The third-order valence-electron chi connectivity index (χ3n) is 3.05. The fraction of sp³-hybridized carbons (Fsp3) is 0.769. The SMILES string of the molecule is O=C(O)COCCNC(=O)CN1CCCCCCC1=O. The Morgan fingerprint density at radius 2 is 2.00 bits per heavy atom. The second-order valence-electron chi connectivity index (χ2n) is 4.78. The van der Waals surface area contributed by atoms with Crippen molar-refractivity contribution in [1.29, 1.82) is 0 Å². The van der Waals surface area contributed by atoms with Crippen LogP contribution in [0, 0.1) is 0 Å². The van der Waals surface area contributed by atoms with Crippen molar-refractivity contribution in [3.05, 3.63) is 0 Å². The normalized spacial score (nSPS) is 16.4. The molecule has 1 heterocycles. The molecule has 20 heavy (non-hydrogen) atoms. The van der Waals surface area contributed by atoms with Gasteiger partial charge in [-0.1, -0.05) is 12.8 Å². The first kappa shape index (κ1) is 16.4. The van der Waals surface area contributed by atoms with Crippen LogP contribution in [0.25, 0.3) is 0 Å². The molecule has 0 unspecified atom stereocenters. The highest BCUT2D eigenvalue weighted by Gasteiger charge is 2.17. The van der Waals surface area contributed by atoms with Crippen LogP contribution in [0.1, 0.15) is 32.1 Å². The van der Waals surface area contributed by atoms with E-state index in [1.807, 2.05) is 0 Å². The van der Waals surface area contributed by atoms with Crippen molar-refractivity contribution in [2.24, 2.45) is 0 Å². The lowest BCUT2D eigenvalue weighted by atomic mass is 10.1. The number of ether oxygens (including phenoxy) is 1. The summed E-state index contributed by atoms with van der Waals surface area (Å²) in [5.41, 5.74) is 0. The van der Waals surface area contributed by atoms with E-state index in [0.717, 1.165) is 25.7 Å². The van der Waals surface area contributed by atoms with Crippen LogP contribution in [0.5, 0.6) is 0 Å². The number of hydrogen-bond donors (Lipinski definition) is 2. The van der Waals surface area contributed by atoms with Gasteiger partial charge in [-0.2, -0.15) is 0 Å². The average Bonchev–Trinajstić information content (AvgIpc) is 2.38. The molecule has 114 valence electrons. The summed E-state index contributed by atoms with van der Waals surface area (Å²) in [5.74, 6) is -1.25. The maximum Gasteiger partial charge on any atom is 0.329 e. The molecule has 1 fully saturated rings. The van der Waals surface area contributed by atoms with E-state index in [0.29, 0.717) is 13.0 Å². The first-order valence-corrected chi connectivity index (χ1v) is 6.93. The Hall–Kier alpha value is -1.63. The van der Waals surface area contributed by atoms with Crippen molar-refractivity contribution in [3.8, 4) is 0 Å². The van der Waals surface area contributed by atoms with Gasteiger partial charge in [0.2, 0.25) is 11.8 Å². The molecule has 0 atom stereocenters. The Morgan fingerprint density at radius 3 is 2.75 bits per heavy atom. The summed E-state index contributed by atoms with van der Waals surface area (Å²) in [4.78, 5) is 35.3. The number of aliphatic carboxylic acids is 1. The highest BCUT2D eigenvalue weighted by Crippen LogP contribution is 2.11. The largest absolute Gasteiger partial charge is 0.480 e. The van der Waals surface area contributed by atoms with E-state index >= 15 is 0 Å². The van der Waals surface area contributed by atoms with Crippen molar-refractivity contribution in [2.45, 2.75) is 32.1 Å². The molecular formula is C13H22N2O5. The number of rotatable bonds is 7. The molecule has 1 aliphatic rings. The smallest absolute Gasteiger partial charge is 0.329 e. The molecule has 1 aliphatic heterocycles. The van der Waals surface area contributed by atoms with Crippen LogP contribution in [0.15, 0.2) is 0 Å². The van der Waals surface area contributed by atoms with Crippen molar-refractivity contribution in [3.63, 3.8) is 0 Å². The predicted molar refractivity (Wildman–Crippen MR) is 71.1 cm³/mol. The standard InChI is InChI=1S/C13H22N2O5/c16-11(14-6-8-20-10-13(18)19)9-15-7-4-2-1-3-5-12(15)17/h1-10H2,(H,14,16)(H,18,19). The second-order valence-corrected chi connectivity index (χ2v) is 4.78. The van der Waals surface area contributed by atoms with Gasteiger partial charge in [0.05, 0.1) is 13.2 Å². The van der Waals surface area contributed by atoms with Gasteiger partial charge in [0.25, 0.3) is 0 Å². The summed E-state index contributed by atoms with van der Waals surface area (Å²) in [5, 5.41) is 11.0. The lowest BCUT2D eigenvalue weighted by Gasteiger charge is -2.24. The highest BCUT2D eigenvalue weighted by atomic mass is 16.5. The number of carboxylic acids is 1. The van der Waals surface area contributed by atoms with E-state index in [-0.39, 0.29) is 38.1 Å². The number of nitrogens with zero attached hydrogens (tertiary/aromatic N) is 1. The van der Waals surface area contributed by atoms with Crippen molar-refractivity contribution in [1.82, 2.24) is 10.2 Å². The van der Waals surface area contributed by atoms with Crippen LogP contribution in [0.4, 0.5) is 0 Å². The van der Waals surface area contributed by atoms with Crippen LogP contribution in [-0.2, 0) is 19.1 Å². The van der Waals surface area contributed by atoms with Gasteiger partial charge >= 0.3 is 5.97 Å². The number of nitrogens with one attached hydrogen (secondary N) is 1. The molecule has 7 heteroatoms. The Morgan fingerprint density at radius 1 is 1.25 bits per heavy atom. The first-order valence-electron chi connectivity index (χ1n) is 6.93. The van der Waals surface area contributed by atoms with Crippen molar-refractivity contribution < 1.29 is 24.2 Å². The molecule has 2 amide bonds. The van der Waals surface area contributed by atoms with Gasteiger partial charge in [-0.15, -0.1) is 0 Å². The van der Waals surface area contributed by atoms with Gasteiger partial charge in [0.15, 0.2) is 0 Å². The fourth-order valence-corrected chi connectivity index (χ4v) is 2.03. The minimum atomic E-state index is -1.04. The van der Waals surface area contributed by atoms with Crippen LogP contribution >= 0.6 is 0 Å². The predicted octanol–water partition coefficient (Wildman–Crippen LogP) is -0.00350. The Labute approximate surface area is 118 Å². The molecule has 2 N–H and O–H groups in total. The first-order chi connectivity index (χ1) is 9.59. The topological polar surface area (TPSA) is 95.9 Å². The fourth-order valence-electron chi connectivity index (χ4n) is 2.03. The molecule has 0 radical (unpaired) electrons. The summed E-state index contributed by atoms with van der Waals surface area (Å²) < 4.78 is 4.80. The van der Waals surface area contributed by atoms with E-state index in [1.54, 1.807) is 4.90 Å². The summed E-state index contributed by atoms with van der Waals surface area (Å²) in [6.07, 6.45) is 4.50. The lowest BCUT2D eigenvalue weighted by Crippen LogP contribution is -2.42. The van der Waals surface area contributed by atoms with Gasteiger partial charge < -0.3 is 20.1 Å². The molecule has 7 nitrogen and oxygen atoms in total. The lowest BCUT2D eigenvalue weighted by molar-refractivity contribution is -0.142. The number of carbonyl (C=O) groups excluding carboxylic acids is 2. The van der Waals surface area contributed by atoms with Crippen molar-refractivity contribution >= 4 is 17.8 Å². The molecule has 0 aromatic carbocycles. The van der Waals surface area contributed by atoms with Gasteiger partial charge in [-0.25, -0.2) is 4.79 Å². The van der Waals surface area contributed by atoms with Crippen LogP contribution in [0.2, 0.25) is 0 Å². The average molecular weight is 286 g/mol. The van der Waals surface area contributed by atoms with Crippen LogP contribution in [-0.4, -0.2) is 60.6 Å². The zero-order valence-electron chi connectivity index (χ0n) is 11.6. The quantitative estimate of drug-likeness (QED) is 0.642. The van der Waals surface area contributed by atoms with E-state index < -0.39 is 5.97 Å². The second kappa shape index (κ2) is 9.30. The van der Waals surface area contributed by atoms with Crippen LogP contribution < -0.4 is 5.32 Å². The molecular weight excluding hydrogens is 264 g/mol. The van der Waals surface area contributed by atoms with Gasteiger partial charge in [-0.05, 0) is 12.8 Å². The molecule has 1 rings (SSSR count). The number of carboxylic acid groups (broad SMARTS) is 1. The molecule has 0 bridgehead atoms. The summed E-state index contributed by atoms with van der Waals surface area (Å²) >= 11 is 0. The van der Waals surface area contributed by atoms with E-state index in [9.17, 15) is 14.4 Å². The van der Waals surface area contributed by atoms with Gasteiger partial charge in [0.1, 0.15) is 6.61 Å². The maximum absolute atomic E-state index is 11.8. The Balaban J connectivity index is 2.19. The van der Waals surface area contributed by atoms with Crippen LogP contribution in [0.3, 0.4) is 0 Å². The Kier molecular flexibility index (Phi) is 7.64. The van der Waals surface area contributed by atoms with E-state index in [4.69, 9.17) is 9.84 Å². The molecule has 0 aliphatic carbocycles. The summed E-state index contributed by atoms with van der Waals surface area (Å²) in [6, 6.07) is 0. The zero-order valence-corrected chi connectivity index (χ0v) is 11.6. The molecule has 0 aromatic rings. The number of carbonyl (C=O) groups is 3. The minimum absolute atomic E-state index is 0.0296. The molecule has 0 aromatic heterocycles. The molecule has 1 saturated heterocycles. The number of likely N-dealkylation sites (tertiary alicyclic amines) is 1. The highest BCUT2D eigenvalue weighted by molar-refractivity contribution is 5.84. The van der Waals surface area contributed by atoms with E-state index in [1.165, 1.54) is 0 Å². The third kappa shape index (κ3) is 7.08. The summed E-state index contributed by atoms with van der Waals surface area (Å²) in [6.45, 7) is 0.708. The number of hydrogen-bond acceptors (Lipinski definition) is 4. The number of amides is 2. The monoisotopic (exact) mass is 286 g/mol. The van der Waals surface area contributed by atoms with Crippen molar-refractivity contribution in [2.75, 3.05) is 32.8 Å². The maximum atomic E-state index is 11.8. The minimum Gasteiger partial charge on any atom is -0.480 e. The van der Waals surface area contributed by atoms with E-state index in [2.05, 4.69) is 5.32 Å². The third-order valence-corrected chi connectivity index (χ3v) is 3.05. The zero-order chi connectivity index (χ0) is 14.8.